The van der Waals surface area contributed by atoms with Crippen LogP contribution in [0.5, 0.6) is 5.75 Å². The lowest BCUT2D eigenvalue weighted by Crippen LogP contribution is -2.32. The van der Waals surface area contributed by atoms with Crippen LogP contribution in [0.2, 0.25) is 5.02 Å². The van der Waals surface area contributed by atoms with Crippen LogP contribution >= 0.6 is 23.4 Å². The van der Waals surface area contributed by atoms with E-state index in [-0.39, 0.29) is 11.6 Å². The van der Waals surface area contributed by atoms with E-state index in [1.807, 2.05) is 65.4 Å². The maximum Gasteiger partial charge on any atom is 0.334 e. The smallest absolute Gasteiger partial charge is 0.334 e. The number of anilines is 1. The molecule has 1 amide bonds. The third kappa shape index (κ3) is 5.97. The van der Waals surface area contributed by atoms with E-state index in [0.29, 0.717) is 15.9 Å². The van der Waals surface area contributed by atoms with Crippen molar-refractivity contribution in [2.45, 2.75) is 5.16 Å². The predicted molar refractivity (Wildman–Crippen MR) is 153 cm³/mol. The van der Waals surface area contributed by atoms with Crippen molar-refractivity contribution in [3.63, 3.8) is 0 Å². The molecule has 11 heteroatoms. The number of nitrogens with zero attached hydrogens (tertiary/aromatic N) is 3. The Morgan fingerprint density at radius 3 is 2.38 bits per heavy atom. The summed E-state index contributed by atoms with van der Waals surface area (Å²) in [6.45, 7) is 0. The number of benzene rings is 3. The highest BCUT2D eigenvalue weighted by molar-refractivity contribution is 7.99. The lowest BCUT2D eigenvalue weighted by Gasteiger charge is -2.13. The Morgan fingerprint density at radius 2 is 1.69 bits per heavy atom. The Morgan fingerprint density at radius 1 is 1.00 bits per heavy atom. The number of carbonyl (C=O) groups is 1. The molecule has 0 saturated heterocycles. The van der Waals surface area contributed by atoms with Gasteiger partial charge in [0.15, 0.2) is 5.16 Å². The maximum atomic E-state index is 13.0. The molecular formula is C28H22ClN5O4S. The molecule has 9 nitrogen and oxygen atoms in total. The summed E-state index contributed by atoms with van der Waals surface area (Å²) in [6.07, 6.45) is 1.91. The number of H-pyrrole nitrogens is 1. The second kappa shape index (κ2) is 11.5. The van der Waals surface area contributed by atoms with Gasteiger partial charge in [-0.1, -0.05) is 53.7 Å². The Bertz CT molecular complexity index is 1730. The number of carbonyl (C=O) groups excluding carboxylic acids is 1. The van der Waals surface area contributed by atoms with Gasteiger partial charge in [-0.25, -0.2) is 14.3 Å². The van der Waals surface area contributed by atoms with Crippen molar-refractivity contribution in [2.75, 3.05) is 18.2 Å². The number of halogens is 1. The number of hydrogen-bond donors (Lipinski definition) is 2. The first kappa shape index (κ1) is 26.1. The molecule has 3 aromatic carbocycles. The van der Waals surface area contributed by atoms with Gasteiger partial charge >= 0.3 is 5.69 Å². The van der Waals surface area contributed by atoms with Gasteiger partial charge in [0.05, 0.1) is 24.2 Å². The van der Waals surface area contributed by atoms with Crippen LogP contribution in [0.15, 0.2) is 106 Å². The van der Waals surface area contributed by atoms with Crippen molar-refractivity contribution in [3.05, 3.63) is 117 Å². The summed E-state index contributed by atoms with van der Waals surface area (Å²) in [7, 11) is 1.60. The summed E-state index contributed by atoms with van der Waals surface area (Å²) in [4.78, 5) is 44.6. The molecule has 0 atom stereocenters. The number of nitrogens with one attached hydrogen (secondary N) is 2. The van der Waals surface area contributed by atoms with E-state index in [1.165, 1.54) is 16.3 Å². The standard InChI is InChI=1S/C28H22ClN5O4S/c1-38-22-13-11-20(12-14-22)33-16-23(18-5-3-2-4-6-18)30-28(33)39-17-26(36)31-24-15-25(35)32-27(37)34(24)21-9-7-19(29)8-10-21/h2-16H,17H2,1H3,(H,31,36)(H,32,35,37). The number of ether oxygens (including phenoxy) is 1. The van der Waals surface area contributed by atoms with Gasteiger partial charge < -0.3 is 10.1 Å². The highest BCUT2D eigenvalue weighted by atomic mass is 35.5. The van der Waals surface area contributed by atoms with Crippen LogP contribution in [0.25, 0.3) is 22.6 Å². The van der Waals surface area contributed by atoms with Crippen LogP contribution in [0.4, 0.5) is 5.82 Å². The molecule has 0 unspecified atom stereocenters. The van der Waals surface area contributed by atoms with Crippen LogP contribution in [-0.4, -0.2) is 37.9 Å². The zero-order valence-electron chi connectivity index (χ0n) is 20.6. The van der Waals surface area contributed by atoms with Gasteiger partial charge in [-0.3, -0.25) is 19.1 Å². The van der Waals surface area contributed by atoms with Gasteiger partial charge in [0.25, 0.3) is 5.56 Å². The molecule has 0 aliphatic rings. The minimum Gasteiger partial charge on any atom is -0.497 e. The second-order valence-electron chi connectivity index (χ2n) is 8.32. The van der Waals surface area contributed by atoms with Crippen molar-refractivity contribution in [3.8, 4) is 28.4 Å². The fourth-order valence-electron chi connectivity index (χ4n) is 3.88. The van der Waals surface area contributed by atoms with Gasteiger partial charge in [-0.15, -0.1) is 0 Å². The molecule has 5 aromatic rings. The van der Waals surface area contributed by atoms with Gasteiger partial charge in [-0.05, 0) is 48.5 Å². The van der Waals surface area contributed by atoms with E-state index in [1.54, 1.807) is 31.4 Å². The zero-order valence-corrected chi connectivity index (χ0v) is 22.2. The Kier molecular flexibility index (Phi) is 7.67. The van der Waals surface area contributed by atoms with E-state index >= 15 is 0 Å². The molecule has 2 aromatic heterocycles. The van der Waals surface area contributed by atoms with Crippen LogP contribution in [0.1, 0.15) is 0 Å². The second-order valence-corrected chi connectivity index (χ2v) is 9.69. The molecule has 0 bridgehead atoms. The SMILES string of the molecule is COc1ccc(-n2cc(-c3ccccc3)nc2SCC(=O)Nc2cc(=O)[nH]c(=O)n2-c2ccc(Cl)cc2)cc1. The summed E-state index contributed by atoms with van der Waals surface area (Å²) < 4.78 is 8.37. The highest BCUT2D eigenvalue weighted by Gasteiger charge is 2.16. The number of amides is 1. The molecule has 39 heavy (non-hydrogen) atoms. The first-order valence-corrected chi connectivity index (χ1v) is 13.1. The van der Waals surface area contributed by atoms with Crippen molar-refractivity contribution >= 4 is 35.1 Å². The number of aromatic nitrogens is 4. The molecule has 0 saturated carbocycles. The Labute approximate surface area is 232 Å². The molecule has 0 radical (unpaired) electrons. The molecule has 2 heterocycles. The number of rotatable bonds is 8. The summed E-state index contributed by atoms with van der Waals surface area (Å²) in [5.74, 6) is 0.321. The highest BCUT2D eigenvalue weighted by Crippen LogP contribution is 2.28. The maximum absolute atomic E-state index is 13.0. The third-order valence-corrected chi connectivity index (χ3v) is 6.93. The van der Waals surface area contributed by atoms with E-state index in [0.717, 1.165) is 28.8 Å². The molecular weight excluding hydrogens is 538 g/mol. The number of imidazole rings is 1. The topological polar surface area (TPSA) is 111 Å². The van der Waals surface area contributed by atoms with Crippen molar-refractivity contribution in [2.24, 2.45) is 0 Å². The molecule has 0 aliphatic carbocycles. The van der Waals surface area contributed by atoms with Crippen LogP contribution in [-0.2, 0) is 4.79 Å². The molecule has 2 N–H and O–H groups in total. The van der Waals surface area contributed by atoms with E-state index in [9.17, 15) is 14.4 Å². The van der Waals surface area contributed by atoms with Crippen LogP contribution < -0.4 is 21.3 Å². The minimum absolute atomic E-state index is 0.0248. The first-order valence-electron chi connectivity index (χ1n) is 11.8. The third-order valence-electron chi connectivity index (χ3n) is 5.72. The van der Waals surface area contributed by atoms with Gasteiger partial charge in [0, 0.05) is 28.5 Å². The quantitative estimate of drug-likeness (QED) is 0.265. The van der Waals surface area contributed by atoms with Gasteiger partial charge in [0.2, 0.25) is 5.91 Å². The van der Waals surface area contributed by atoms with Gasteiger partial charge in [-0.2, -0.15) is 0 Å². The van der Waals surface area contributed by atoms with Crippen molar-refractivity contribution < 1.29 is 9.53 Å². The number of thioether (sulfide) groups is 1. The molecule has 196 valence electrons. The van der Waals surface area contributed by atoms with Crippen LogP contribution in [0, 0.1) is 0 Å². The zero-order chi connectivity index (χ0) is 27.4. The van der Waals surface area contributed by atoms with Crippen LogP contribution in [0.3, 0.4) is 0 Å². The average Bonchev–Trinajstić information content (AvgIpc) is 3.37. The largest absolute Gasteiger partial charge is 0.497 e. The molecule has 0 aliphatic heterocycles. The Balaban J connectivity index is 1.41. The van der Waals surface area contributed by atoms with E-state index in [2.05, 4.69) is 10.3 Å². The normalized spacial score (nSPS) is 10.8. The summed E-state index contributed by atoms with van der Waals surface area (Å²) in [6, 6.07) is 24.8. The summed E-state index contributed by atoms with van der Waals surface area (Å²) in [5, 5.41) is 3.76. The number of methoxy groups -OCH3 is 1. The predicted octanol–water partition coefficient (Wildman–Crippen LogP) is 4.77. The lowest BCUT2D eigenvalue weighted by molar-refractivity contribution is -0.113. The summed E-state index contributed by atoms with van der Waals surface area (Å²) >= 11 is 7.19. The minimum atomic E-state index is -0.685. The average molecular weight is 560 g/mol. The molecule has 5 rings (SSSR count). The first-order chi connectivity index (χ1) is 18.9. The lowest BCUT2D eigenvalue weighted by atomic mass is 10.2. The van der Waals surface area contributed by atoms with Crippen molar-refractivity contribution in [1.82, 2.24) is 19.1 Å². The Hall–Kier alpha value is -4.54. The number of aromatic amines is 1. The number of hydrogen-bond acceptors (Lipinski definition) is 6. The fraction of sp³-hybridized carbons (Fsp3) is 0.0714. The monoisotopic (exact) mass is 559 g/mol. The van der Waals surface area contributed by atoms with Crippen molar-refractivity contribution in [1.29, 1.82) is 0 Å². The summed E-state index contributed by atoms with van der Waals surface area (Å²) in [5.41, 5.74) is 1.66. The van der Waals surface area contributed by atoms with E-state index < -0.39 is 17.2 Å². The molecule has 0 fully saturated rings. The fourth-order valence-corrected chi connectivity index (χ4v) is 4.80. The van der Waals surface area contributed by atoms with E-state index in [4.69, 9.17) is 21.3 Å². The molecule has 0 spiro atoms. The van der Waals surface area contributed by atoms with Gasteiger partial charge in [0.1, 0.15) is 11.6 Å².